The Labute approximate surface area is 159 Å². The van der Waals surface area contributed by atoms with Gasteiger partial charge in [0.15, 0.2) is 0 Å². The largest absolute Gasteiger partial charge is 0.507 e. The van der Waals surface area contributed by atoms with Gasteiger partial charge in [0, 0.05) is 36.1 Å². The number of aromatic amines is 1. The number of nitrogens with two attached hydrogens (primary N) is 1. The summed E-state index contributed by atoms with van der Waals surface area (Å²) in [5.74, 6) is 1.58. The fourth-order valence-electron chi connectivity index (χ4n) is 2.59. The van der Waals surface area contributed by atoms with Crippen LogP contribution < -0.4 is 15.8 Å². The average molecular weight is 382 g/mol. The minimum Gasteiger partial charge on any atom is -0.507 e. The van der Waals surface area contributed by atoms with Crippen molar-refractivity contribution in [2.75, 3.05) is 11.1 Å². The molecule has 2 heterocycles. The minimum atomic E-state index is 0.106. The van der Waals surface area contributed by atoms with Gasteiger partial charge in [0.05, 0.1) is 16.1 Å². The zero-order valence-electron chi connectivity index (χ0n) is 14.1. The summed E-state index contributed by atoms with van der Waals surface area (Å²) in [6.45, 7) is 0.389. The van der Waals surface area contributed by atoms with Crippen LogP contribution in [0.4, 0.5) is 11.6 Å². The molecule has 2 aromatic heterocycles. The third-order valence-electron chi connectivity index (χ3n) is 3.93. The number of aromatic nitrogens is 3. The number of anilines is 2. The molecule has 0 unspecified atom stereocenters. The minimum absolute atomic E-state index is 0.106. The van der Waals surface area contributed by atoms with Gasteiger partial charge in [0.2, 0.25) is 11.8 Å². The zero-order chi connectivity index (χ0) is 18.8. The van der Waals surface area contributed by atoms with Gasteiger partial charge in [-0.05, 0) is 36.4 Å². The molecular weight excluding hydrogens is 366 g/mol. The zero-order valence-corrected chi connectivity index (χ0v) is 14.9. The number of hydrogen-bond acceptors (Lipinski definition) is 6. The number of H-pyrrole nitrogens is 1. The fraction of sp³-hybridized carbons (Fsp3) is 0.0526. The SMILES string of the molecule is Nc1ccc2nc(NCc3ccc(Oc4ccc(Cl)cn4)cc3O)[nH]c2c1. The predicted molar refractivity (Wildman–Crippen MR) is 105 cm³/mol. The number of hydrogen-bond donors (Lipinski definition) is 4. The lowest BCUT2D eigenvalue weighted by Gasteiger charge is -2.09. The number of nitrogens with one attached hydrogen (secondary N) is 2. The summed E-state index contributed by atoms with van der Waals surface area (Å²) in [6, 6.07) is 13.9. The molecule has 27 heavy (non-hydrogen) atoms. The maximum absolute atomic E-state index is 10.3. The quantitative estimate of drug-likeness (QED) is 0.384. The molecule has 0 saturated carbocycles. The lowest BCUT2D eigenvalue weighted by Crippen LogP contribution is -2.01. The Kier molecular flexibility index (Phi) is 4.43. The van der Waals surface area contributed by atoms with Crippen molar-refractivity contribution >= 4 is 34.3 Å². The molecular formula is C19H16ClN5O2. The van der Waals surface area contributed by atoms with E-state index in [2.05, 4.69) is 20.3 Å². The van der Waals surface area contributed by atoms with E-state index in [-0.39, 0.29) is 5.75 Å². The van der Waals surface area contributed by atoms with Crippen LogP contribution in [0.1, 0.15) is 5.56 Å². The van der Waals surface area contributed by atoms with E-state index in [1.807, 2.05) is 12.1 Å². The first kappa shape index (κ1) is 17.0. The number of phenols is 1. The molecule has 7 nitrogen and oxygen atoms in total. The Morgan fingerprint density at radius 2 is 2.04 bits per heavy atom. The van der Waals surface area contributed by atoms with Crippen LogP contribution >= 0.6 is 11.6 Å². The highest BCUT2D eigenvalue weighted by Crippen LogP contribution is 2.28. The third-order valence-corrected chi connectivity index (χ3v) is 4.16. The highest BCUT2D eigenvalue weighted by molar-refractivity contribution is 6.30. The molecule has 4 rings (SSSR count). The number of ether oxygens (including phenoxy) is 1. The summed E-state index contributed by atoms with van der Waals surface area (Å²) < 4.78 is 5.60. The van der Waals surface area contributed by atoms with E-state index in [4.69, 9.17) is 22.1 Å². The number of nitrogen functional groups attached to an aromatic ring is 1. The predicted octanol–water partition coefficient (Wildman–Crippen LogP) is 4.30. The number of rotatable bonds is 5. The van der Waals surface area contributed by atoms with Gasteiger partial charge >= 0.3 is 0 Å². The highest BCUT2D eigenvalue weighted by atomic mass is 35.5. The van der Waals surface area contributed by atoms with Gasteiger partial charge in [-0.1, -0.05) is 11.6 Å². The van der Waals surface area contributed by atoms with Gasteiger partial charge in [0.1, 0.15) is 11.5 Å². The molecule has 2 aromatic carbocycles. The number of nitrogens with zero attached hydrogens (tertiary/aromatic N) is 2. The standard InChI is InChI=1S/C19H16ClN5O2/c20-12-2-6-18(22-10-12)27-14-4-1-11(17(26)8-14)9-23-19-24-15-5-3-13(21)7-16(15)25-19/h1-8,10,26H,9,21H2,(H2,23,24,25). The third kappa shape index (κ3) is 3.88. The summed E-state index contributed by atoms with van der Waals surface area (Å²) in [5, 5.41) is 13.9. The Morgan fingerprint density at radius 3 is 2.81 bits per heavy atom. The van der Waals surface area contributed by atoms with Crippen molar-refractivity contribution in [2.45, 2.75) is 6.54 Å². The lowest BCUT2D eigenvalue weighted by molar-refractivity contribution is 0.442. The summed E-state index contributed by atoms with van der Waals surface area (Å²) in [6.07, 6.45) is 1.50. The number of imidazole rings is 1. The Balaban J connectivity index is 1.44. The molecule has 5 N–H and O–H groups in total. The van der Waals surface area contributed by atoms with Crippen LogP contribution in [0.25, 0.3) is 11.0 Å². The van der Waals surface area contributed by atoms with Crippen LogP contribution in [0, 0.1) is 0 Å². The van der Waals surface area contributed by atoms with Gasteiger partial charge < -0.3 is 25.9 Å². The van der Waals surface area contributed by atoms with Crippen LogP contribution in [0.15, 0.2) is 54.7 Å². The number of phenolic OH excluding ortho intramolecular Hbond substituents is 1. The number of aromatic hydroxyl groups is 1. The highest BCUT2D eigenvalue weighted by Gasteiger charge is 2.07. The Bertz CT molecular complexity index is 1100. The number of halogens is 1. The van der Waals surface area contributed by atoms with Crippen molar-refractivity contribution in [2.24, 2.45) is 0 Å². The van der Waals surface area contributed by atoms with Gasteiger partial charge in [-0.25, -0.2) is 9.97 Å². The maximum Gasteiger partial charge on any atom is 0.219 e. The van der Waals surface area contributed by atoms with E-state index in [1.54, 1.807) is 30.3 Å². The van der Waals surface area contributed by atoms with Gasteiger partial charge in [-0.15, -0.1) is 0 Å². The lowest BCUT2D eigenvalue weighted by atomic mass is 10.2. The van der Waals surface area contributed by atoms with E-state index in [1.165, 1.54) is 12.3 Å². The second kappa shape index (κ2) is 7.05. The second-order valence-electron chi connectivity index (χ2n) is 5.92. The van der Waals surface area contributed by atoms with E-state index in [0.717, 1.165) is 11.0 Å². The van der Waals surface area contributed by atoms with E-state index in [9.17, 15) is 5.11 Å². The first-order valence-corrected chi connectivity index (χ1v) is 8.55. The molecule has 0 atom stereocenters. The number of pyridine rings is 1. The molecule has 0 bridgehead atoms. The summed E-state index contributed by atoms with van der Waals surface area (Å²) in [4.78, 5) is 11.6. The molecule has 0 aliphatic heterocycles. The second-order valence-corrected chi connectivity index (χ2v) is 6.36. The molecule has 136 valence electrons. The summed E-state index contributed by atoms with van der Waals surface area (Å²) in [5.41, 5.74) is 8.80. The topological polar surface area (TPSA) is 109 Å². The molecule has 0 radical (unpaired) electrons. The van der Waals surface area contributed by atoms with Crippen molar-refractivity contribution in [1.29, 1.82) is 0 Å². The summed E-state index contributed by atoms with van der Waals surface area (Å²) >= 11 is 5.80. The monoisotopic (exact) mass is 381 g/mol. The van der Waals surface area contributed by atoms with Crippen LogP contribution in [0.2, 0.25) is 5.02 Å². The molecule has 4 aromatic rings. The summed E-state index contributed by atoms with van der Waals surface area (Å²) in [7, 11) is 0. The first-order valence-electron chi connectivity index (χ1n) is 8.17. The van der Waals surface area contributed by atoms with Crippen LogP contribution in [-0.2, 0) is 6.54 Å². The van der Waals surface area contributed by atoms with Crippen molar-refractivity contribution in [1.82, 2.24) is 15.0 Å². The van der Waals surface area contributed by atoms with Gasteiger partial charge in [0.25, 0.3) is 0 Å². The van der Waals surface area contributed by atoms with Crippen LogP contribution in [0.3, 0.4) is 0 Å². The average Bonchev–Trinajstić information content (AvgIpc) is 3.05. The number of fused-ring (bicyclic) bond motifs is 1. The molecule has 0 amide bonds. The fourth-order valence-corrected chi connectivity index (χ4v) is 2.70. The molecule has 8 heteroatoms. The van der Waals surface area contributed by atoms with E-state index >= 15 is 0 Å². The van der Waals surface area contributed by atoms with Crippen LogP contribution in [-0.4, -0.2) is 20.1 Å². The van der Waals surface area contributed by atoms with Crippen molar-refractivity contribution in [3.05, 3.63) is 65.3 Å². The molecule has 0 saturated heterocycles. The van der Waals surface area contributed by atoms with Crippen molar-refractivity contribution in [3.63, 3.8) is 0 Å². The van der Waals surface area contributed by atoms with Crippen molar-refractivity contribution in [3.8, 4) is 17.4 Å². The van der Waals surface area contributed by atoms with Gasteiger partial charge in [-0.2, -0.15) is 0 Å². The molecule has 0 aliphatic carbocycles. The Morgan fingerprint density at radius 1 is 1.15 bits per heavy atom. The molecule has 0 aliphatic rings. The molecule has 0 fully saturated rings. The van der Waals surface area contributed by atoms with Crippen LogP contribution in [0.5, 0.6) is 17.4 Å². The molecule has 0 spiro atoms. The van der Waals surface area contributed by atoms with Gasteiger partial charge in [-0.3, -0.25) is 0 Å². The number of benzene rings is 2. The van der Waals surface area contributed by atoms with E-state index < -0.39 is 0 Å². The van der Waals surface area contributed by atoms with Crippen molar-refractivity contribution < 1.29 is 9.84 Å². The first-order chi connectivity index (χ1) is 13.1. The maximum atomic E-state index is 10.3. The normalized spacial score (nSPS) is 10.9. The Hall–Kier alpha value is -3.45. The smallest absolute Gasteiger partial charge is 0.219 e. The van der Waals surface area contributed by atoms with E-state index in [0.29, 0.717) is 40.4 Å².